The van der Waals surface area contributed by atoms with Crippen LogP contribution in [0.15, 0.2) is 83.7 Å². The third-order valence-corrected chi connectivity index (χ3v) is 5.28. The average molecular weight is 425 g/mol. The van der Waals surface area contributed by atoms with E-state index >= 15 is 0 Å². The van der Waals surface area contributed by atoms with Gasteiger partial charge in [-0.25, -0.2) is 0 Å². The van der Waals surface area contributed by atoms with Crippen molar-refractivity contribution in [2.45, 2.75) is 6.92 Å². The minimum atomic E-state index is -0.266. The fourth-order valence-corrected chi connectivity index (χ4v) is 3.81. The number of para-hydroxylation sites is 2. The van der Waals surface area contributed by atoms with E-state index in [0.29, 0.717) is 22.9 Å². The molecule has 0 unspecified atom stereocenters. The smallest absolute Gasteiger partial charge is 0.281 e. The molecule has 0 N–H and O–H groups in total. The van der Waals surface area contributed by atoms with E-state index in [1.54, 1.807) is 14.2 Å². The molecule has 0 bridgehead atoms. The lowest BCUT2D eigenvalue weighted by Gasteiger charge is -2.17. The van der Waals surface area contributed by atoms with Crippen molar-refractivity contribution in [2.75, 3.05) is 14.2 Å². The maximum Gasteiger partial charge on any atom is 0.281 e. The van der Waals surface area contributed by atoms with Crippen LogP contribution in [0.4, 0.5) is 0 Å². The molecule has 32 heavy (non-hydrogen) atoms. The van der Waals surface area contributed by atoms with Gasteiger partial charge in [0.05, 0.1) is 19.8 Å². The van der Waals surface area contributed by atoms with Crippen LogP contribution >= 0.6 is 0 Å². The zero-order valence-corrected chi connectivity index (χ0v) is 18.3. The molecule has 0 aliphatic heterocycles. The number of aromatic nitrogens is 2. The Bertz CT molecular complexity index is 1310. The third-order valence-electron chi connectivity index (χ3n) is 5.28. The van der Waals surface area contributed by atoms with Crippen molar-refractivity contribution in [2.24, 2.45) is 0 Å². The Hall–Kier alpha value is -4.12. The molecule has 0 aliphatic carbocycles. The van der Waals surface area contributed by atoms with E-state index in [1.165, 1.54) is 0 Å². The predicted octanol–water partition coefficient (Wildman–Crippen LogP) is 5.40. The highest BCUT2D eigenvalue weighted by molar-refractivity contribution is 5.74. The number of hydrogen-bond donors (Lipinski definition) is 0. The molecule has 0 radical (unpaired) electrons. The molecule has 4 rings (SSSR count). The summed E-state index contributed by atoms with van der Waals surface area (Å²) in [5.74, 6) is 1.79. The molecular formula is C27H24N2O3. The summed E-state index contributed by atoms with van der Waals surface area (Å²) in [6.45, 7) is 1.95. The van der Waals surface area contributed by atoms with Crippen LogP contribution in [0.3, 0.4) is 0 Å². The lowest BCUT2D eigenvalue weighted by Crippen LogP contribution is -2.20. The first kappa shape index (κ1) is 21.1. The predicted molar refractivity (Wildman–Crippen MR) is 128 cm³/mol. The van der Waals surface area contributed by atoms with Gasteiger partial charge in [-0.1, -0.05) is 60.7 Å². The Labute approximate surface area is 187 Å². The van der Waals surface area contributed by atoms with Gasteiger partial charge in [-0.2, -0.15) is 4.98 Å². The zero-order chi connectivity index (χ0) is 22.5. The lowest BCUT2D eigenvalue weighted by molar-refractivity contribution is 0.354. The van der Waals surface area contributed by atoms with Crippen molar-refractivity contribution in [3.05, 3.63) is 106 Å². The number of rotatable bonds is 6. The molecule has 0 atom stereocenters. The van der Waals surface area contributed by atoms with Crippen molar-refractivity contribution in [3.63, 3.8) is 0 Å². The van der Waals surface area contributed by atoms with Gasteiger partial charge in [-0.3, -0.25) is 9.36 Å². The second-order valence-electron chi connectivity index (χ2n) is 7.19. The van der Waals surface area contributed by atoms with E-state index in [-0.39, 0.29) is 5.56 Å². The van der Waals surface area contributed by atoms with E-state index in [4.69, 9.17) is 9.47 Å². The Morgan fingerprint density at radius 1 is 0.812 bits per heavy atom. The Morgan fingerprint density at radius 2 is 1.50 bits per heavy atom. The van der Waals surface area contributed by atoms with Crippen LogP contribution in [0.5, 0.6) is 11.5 Å². The first-order chi connectivity index (χ1) is 15.6. The highest BCUT2D eigenvalue weighted by Crippen LogP contribution is 2.32. The van der Waals surface area contributed by atoms with Gasteiger partial charge in [0, 0.05) is 16.9 Å². The number of benzene rings is 3. The van der Waals surface area contributed by atoms with E-state index in [9.17, 15) is 4.79 Å². The topological polar surface area (TPSA) is 53.3 Å². The number of nitrogens with zero attached hydrogens (tertiary/aromatic N) is 2. The molecule has 4 aromatic rings. The summed E-state index contributed by atoms with van der Waals surface area (Å²) in [7, 11) is 3.21. The second kappa shape index (κ2) is 9.35. The molecule has 3 aromatic carbocycles. The average Bonchev–Trinajstić information content (AvgIpc) is 2.83. The van der Waals surface area contributed by atoms with Crippen molar-refractivity contribution in [1.29, 1.82) is 0 Å². The molecule has 160 valence electrons. The molecule has 1 heterocycles. The monoisotopic (exact) mass is 424 g/mol. The molecule has 0 saturated heterocycles. The fraction of sp³-hybridized carbons (Fsp3) is 0.111. The lowest BCUT2D eigenvalue weighted by atomic mass is 10.1. The molecule has 0 fully saturated rings. The standard InChI is InChI=1S/C27H24N2O3/c1-19-25(20-11-6-4-7-12-20)27(30)28-24(29(19)22-14-8-5-9-15-22)18-17-21-13-10-16-23(31-2)26(21)32-3/h4-18H,1-3H3/b18-17+. The minimum absolute atomic E-state index is 0.266. The van der Waals surface area contributed by atoms with Gasteiger partial charge in [0.1, 0.15) is 5.82 Å². The quantitative estimate of drug-likeness (QED) is 0.416. The molecule has 0 spiro atoms. The summed E-state index contributed by atoms with van der Waals surface area (Å²) in [4.78, 5) is 17.5. The Balaban J connectivity index is 1.92. The maximum absolute atomic E-state index is 13.1. The highest BCUT2D eigenvalue weighted by Gasteiger charge is 2.16. The highest BCUT2D eigenvalue weighted by atomic mass is 16.5. The van der Waals surface area contributed by atoms with Gasteiger partial charge in [0.25, 0.3) is 5.56 Å². The van der Waals surface area contributed by atoms with Crippen LogP contribution in [0, 0.1) is 6.92 Å². The molecule has 5 heteroatoms. The van der Waals surface area contributed by atoms with E-state index in [0.717, 1.165) is 22.5 Å². The third kappa shape index (κ3) is 4.05. The zero-order valence-electron chi connectivity index (χ0n) is 18.3. The molecule has 0 saturated carbocycles. The summed E-state index contributed by atoms with van der Waals surface area (Å²) in [6, 6.07) is 25.2. The molecular weight excluding hydrogens is 400 g/mol. The van der Waals surface area contributed by atoms with Crippen LogP contribution in [-0.4, -0.2) is 23.8 Å². The van der Waals surface area contributed by atoms with Crippen molar-refractivity contribution < 1.29 is 9.47 Å². The first-order valence-electron chi connectivity index (χ1n) is 10.3. The Kier molecular flexibility index (Phi) is 6.17. The van der Waals surface area contributed by atoms with Crippen molar-refractivity contribution in [3.8, 4) is 28.3 Å². The van der Waals surface area contributed by atoms with E-state index in [1.807, 2.05) is 103 Å². The summed E-state index contributed by atoms with van der Waals surface area (Å²) in [6.07, 6.45) is 3.71. The van der Waals surface area contributed by atoms with Gasteiger partial charge in [0.2, 0.25) is 0 Å². The van der Waals surface area contributed by atoms with Gasteiger partial charge in [0.15, 0.2) is 11.5 Å². The van der Waals surface area contributed by atoms with Crippen LogP contribution in [0.1, 0.15) is 17.1 Å². The summed E-state index contributed by atoms with van der Waals surface area (Å²) >= 11 is 0. The van der Waals surface area contributed by atoms with Crippen LogP contribution < -0.4 is 15.0 Å². The first-order valence-corrected chi connectivity index (χ1v) is 10.3. The minimum Gasteiger partial charge on any atom is -0.493 e. The van der Waals surface area contributed by atoms with E-state index in [2.05, 4.69) is 4.98 Å². The Morgan fingerprint density at radius 3 is 2.16 bits per heavy atom. The van der Waals surface area contributed by atoms with Crippen LogP contribution in [0.25, 0.3) is 29.0 Å². The molecule has 0 amide bonds. The number of methoxy groups -OCH3 is 2. The van der Waals surface area contributed by atoms with E-state index < -0.39 is 0 Å². The molecule has 0 aliphatic rings. The molecule has 1 aromatic heterocycles. The van der Waals surface area contributed by atoms with Gasteiger partial charge in [-0.15, -0.1) is 0 Å². The largest absolute Gasteiger partial charge is 0.493 e. The normalized spacial score (nSPS) is 11.0. The van der Waals surface area contributed by atoms with Crippen molar-refractivity contribution in [1.82, 2.24) is 9.55 Å². The van der Waals surface area contributed by atoms with Crippen LogP contribution in [-0.2, 0) is 0 Å². The SMILES string of the molecule is COc1cccc(/C=C/c2nc(=O)c(-c3ccccc3)c(C)n2-c2ccccc2)c1OC. The van der Waals surface area contributed by atoms with Crippen LogP contribution in [0.2, 0.25) is 0 Å². The summed E-state index contributed by atoms with van der Waals surface area (Å²) < 4.78 is 12.9. The second-order valence-corrected chi connectivity index (χ2v) is 7.19. The summed E-state index contributed by atoms with van der Waals surface area (Å²) in [5, 5.41) is 0. The van der Waals surface area contributed by atoms with Gasteiger partial charge in [-0.05, 0) is 42.8 Å². The van der Waals surface area contributed by atoms with Crippen molar-refractivity contribution >= 4 is 12.2 Å². The maximum atomic E-state index is 13.1. The summed E-state index contributed by atoms with van der Waals surface area (Å²) in [5.41, 5.74) is 3.73. The number of hydrogen-bond acceptors (Lipinski definition) is 4. The number of ether oxygens (including phenoxy) is 2. The van der Waals surface area contributed by atoms with Gasteiger partial charge >= 0.3 is 0 Å². The molecule has 5 nitrogen and oxygen atoms in total. The fourth-order valence-electron chi connectivity index (χ4n) is 3.81. The van der Waals surface area contributed by atoms with Gasteiger partial charge < -0.3 is 9.47 Å².